The number of benzene rings is 2. The average Bonchev–Trinajstić information content (AvgIpc) is 3.37. The van der Waals surface area contributed by atoms with Crippen molar-refractivity contribution < 1.29 is 13.2 Å². The van der Waals surface area contributed by atoms with Crippen molar-refractivity contribution >= 4 is 27.5 Å². The molecule has 9 heteroatoms. The number of rotatable bonds is 7. The van der Waals surface area contributed by atoms with Gasteiger partial charge < -0.3 is 4.90 Å². The van der Waals surface area contributed by atoms with E-state index in [2.05, 4.69) is 10.2 Å². The van der Waals surface area contributed by atoms with Crippen molar-refractivity contribution in [2.45, 2.75) is 24.5 Å². The summed E-state index contributed by atoms with van der Waals surface area (Å²) in [6.45, 7) is 2.37. The molecule has 0 radical (unpaired) electrons. The number of aromatic nitrogens is 3. The minimum Gasteiger partial charge on any atom is -0.338 e. The van der Waals surface area contributed by atoms with Crippen molar-refractivity contribution in [3.05, 3.63) is 60.7 Å². The van der Waals surface area contributed by atoms with Crippen LogP contribution in [0.2, 0.25) is 0 Å². The smallest absolute Gasteiger partial charge is 0.233 e. The highest BCUT2D eigenvalue weighted by molar-refractivity contribution is 7.99. The first-order chi connectivity index (χ1) is 15.0. The lowest BCUT2D eigenvalue weighted by Crippen LogP contribution is -2.42. The molecule has 0 aliphatic carbocycles. The molecule has 1 aliphatic rings. The van der Waals surface area contributed by atoms with Gasteiger partial charge in [0, 0.05) is 23.8 Å². The van der Waals surface area contributed by atoms with Crippen LogP contribution < -0.4 is 0 Å². The van der Waals surface area contributed by atoms with E-state index in [1.165, 1.54) is 11.8 Å². The van der Waals surface area contributed by atoms with Gasteiger partial charge in [-0.2, -0.15) is 0 Å². The number of para-hydroxylation sites is 1. The maximum atomic E-state index is 12.9. The van der Waals surface area contributed by atoms with E-state index in [0.29, 0.717) is 23.9 Å². The molecule has 1 aromatic heterocycles. The Labute approximate surface area is 186 Å². The lowest BCUT2D eigenvalue weighted by molar-refractivity contribution is -0.129. The summed E-state index contributed by atoms with van der Waals surface area (Å²) in [7, 11) is -3.05. The summed E-state index contributed by atoms with van der Waals surface area (Å²) in [5, 5.41) is 9.37. The third-order valence-corrected chi connectivity index (χ3v) is 7.98. The molecule has 0 spiro atoms. The van der Waals surface area contributed by atoms with Crippen molar-refractivity contribution in [3.8, 4) is 17.1 Å². The lowest BCUT2D eigenvalue weighted by atomic mass is 10.2. The van der Waals surface area contributed by atoms with Gasteiger partial charge in [-0.1, -0.05) is 60.3 Å². The van der Waals surface area contributed by atoms with E-state index in [0.717, 1.165) is 11.3 Å². The van der Waals surface area contributed by atoms with Crippen LogP contribution in [0.25, 0.3) is 17.1 Å². The van der Waals surface area contributed by atoms with Crippen LogP contribution in [0.5, 0.6) is 0 Å². The fourth-order valence-electron chi connectivity index (χ4n) is 3.82. The Kier molecular flexibility index (Phi) is 6.43. The maximum absolute atomic E-state index is 12.9. The van der Waals surface area contributed by atoms with Gasteiger partial charge in [0.2, 0.25) is 5.91 Å². The summed E-state index contributed by atoms with van der Waals surface area (Å²) in [5.41, 5.74) is 1.85. The number of carbonyl (C=O) groups is 1. The molecule has 4 rings (SSSR count). The predicted octanol–water partition coefficient (Wildman–Crippen LogP) is 3.06. The van der Waals surface area contributed by atoms with Crippen molar-refractivity contribution in [1.29, 1.82) is 0 Å². The van der Waals surface area contributed by atoms with Crippen LogP contribution >= 0.6 is 11.8 Å². The Balaban J connectivity index is 1.57. The van der Waals surface area contributed by atoms with Crippen molar-refractivity contribution in [2.24, 2.45) is 0 Å². The Morgan fingerprint density at radius 3 is 2.39 bits per heavy atom. The first-order valence-electron chi connectivity index (χ1n) is 10.2. The summed E-state index contributed by atoms with van der Waals surface area (Å²) in [5.74, 6) is 0.992. The number of hydrogen-bond donors (Lipinski definition) is 0. The van der Waals surface area contributed by atoms with Crippen LogP contribution in [0, 0.1) is 0 Å². The number of thioether (sulfide) groups is 1. The summed E-state index contributed by atoms with van der Waals surface area (Å²) in [6.07, 6.45) is 0.505. The maximum Gasteiger partial charge on any atom is 0.233 e. The molecule has 1 fully saturated rings. The lowest BCUT2D eigenvalue weighted by Gasteiger charge is -2.26. The largest absolute Gasteiger partial charge is 0.338 e. The molecule has 2 heterocycles. The van der Waals surface area contributed by atoms with E-state index in [4.69, 9.17) is 0 Å². The predicted molar refractivity (Wildman–Crippen MR) is 122 cm³/mol. The van der Waals surface area contributed by atoms with Crippen molar-refractivity contribution in [2.75, 3.05) is 23.8 Å². The Bertz CT molecular complexity index is 1150. The standard InChI is InChI=1S/C22H24N4O3S2/c1-2-25(19-13-14-31(28,29)16-19)20(27)15-30-22-24-23-21(17-9-5-3-6-10-17)26(22)18-11-7-4-8-12-18/h3-12,19H,2,13-16H2,1H3. The molecule has 1 unspecified atom stereocenters. The summed E-state index contributed by atoms with van der Waals surface area (Å²) < 4.78 is 25.6. The van der Waals surface area contributed by atoms with Crippen molar-refractivity contribution in [3.63, 3.8) is 0 Å². The fourth-order valence-corrected chi connectivity index (χ4v) is 6.38. The summed E-state index contributed by atoms with van der Waals surface area (Å²) in [6, 6.07) is 19.3. The van der Waals surface area contributed by atoms with Gasteiger partial charge in [-0.15, -0.1) is 10.2 Å². The van der Waals surface area contributed by atoms with E-state index >= 15 is 0 Å². The van der Waals surface area contributed by atoms with Crippen LogP contribution in [-0.2, 0) is 14.6 Å². The third-order valence-electron chi connectivity index (χ3n) is 5.31. The second-order valence-electron chi connectivity index (χ2n) is 7.37. The van der Waals surface area contributed by atoms with E-state index in [1.807, 2.05) is 72.2 Å². The molecule has 1 atom stereocenters. The molecule has 162 valence electrons. The average molecular weight is 457 g/mol. The number of sulfone groups is 1. The van der Waals surface area contributed by atoms with Crippen LogP contribution in [0.3, 0.4) is 0 Å². The zero-order chi connectivity index (χ0) is 21.8. The molecule has 1 amide bonds. The summed E-state index contributed by atoms with van der Waals surface area (Å²) in [4.78, 5) is 14.6. The van der Waals surface area contributed by atoms with Crippen molar-refractivity contribution in [1.82, 2.24) is 19.7 Å². The number of carbonyl (C=O) groups excluding carboxylic acids is 1. The highest BCUT2D eigenvalue weighted by atomic mass is 32.2. The van der Waals surface area contributed by atoms with Crippen LogP contribution in [-0.4, -0.2) is 63.8 Å². The molecule has 0 saturated carbocycles. The van der Waals surface area contributed by atoms with Gasteiger partial charge in [0.1, 0.15) is 0 Å². The molecule has 1 saturated heterocycles. The number of hydrogen-bond acceptors (Lipinski definition) is 6. The van der Waals surface area contributed by atoms with Gasteiger partial charge in [-0.25, -0.2) is 8.42 Å². The number of amides is 1. The second-order valence-corrected chi connectivity index (χ2v) is 10.5. The summed E-state index contributed by atoms with van der Waals surface area (Å²) >= 11 is 1.32. The molecule has 31 heavy (non-hydrogen) atoms. The van der Waals surface area contributed by atoms with E-state index in [9.17, 15) is 13.2 Å². The van der Waals surface area contributed by atoms with Gasteiger partial charge in [-0.05, 0) is 25.5 Å². The Morgan fingerprint density at radius 2 is 1.77 bits per heavy atom. The van der Waals surface area contributed by atoms with Gasteiger partial charge in [0.05, 0.1) is 17.3 Å². The molecule has 0 bridgehead atoms. The zero-order valence-corrected chi connectivity index (χ0v) is 18.8. The molecule has 0 N–H and O–H groups in total. The number of nitrogens with zero attached hydrogens (tertiary/aromatic N) is 4. The second kappa shape index (κ2) is 9.23. The zero-order valence-electron chi connectivity index (χ0n) is 17.2. The minimum absolute atomic E-state index is 0.0512. The SMILES string of the molecule is CCN(C(=O)CSc1nnc(-c2ccccc2)n1-c1ccccc1)C1CCS(=O)(=O)C1. The molecule has 2 aromatic carbocycles. The molecule has 3 aromatic rings. The molecular formula is C22H24N4O3S2. The molecule has 7 nitrogen and oxygen atoms in total. The van der Waals surface area contributed by atoms with Gasteiger partial charge in [0.15, 0.2) is 20.8 Å². The first-order valence-corrected chi connectivity index (χ1v) is 13.0. The highest BCUT2D eigenvalue weighted by Crippen LogP contribution is 2.28. The van der Waals surface area contributed by atoms with Gasteiger partial charge >= 0.3 is 0 Å². The Hall–Kier alpha value is -2.65. The molecular weight excluding hydrogens is 432 g/mol. The van der Waals surface area contributed by atoms with E-state index in [-0.39, 0.29) is 29.2 Å². The van der Waals surface area contributed by atoms with E-state index in [1.54, 1.807) is 4.90 Å². The van der Waals surface area contributed by atoms with Gasteiger partial charge in [-0.3, -0.25) is 9.36 Å². The highest BCUT2D eigenvalue weighted by Gasteiger charge is 2.34. The minimum atomic E-state index is -3.05. The molecule has 1 aliphatic heterocycles. The van der Waals surface area contributed by atoms with E-state index < -0.39 is 9.84 Å². The fraction of sp³-hybridized carbons (Fsp3) is 0.318. The third kappa shape index (κ3) is 4.83. The quantitative estimate of drug-likeness (QED) is 0.508. The monoisotopic (exact) mass is 456 g/mol. The van der Waals surface area contributed by atoms with Gasteiger partial charge in [0.25, 0.3) is 0 Å². The van der Waals surface area contributed by atoms with Crippen LogP contribution in [0.15, 0.2) is 65.8 Å². The van der Waals surface area contributed by atoms with Crippen LogP contribution in [0.1, 0.15) is 13.3 Å². The van der Waals surface area contributed by atoms with Crippen LogP contribution in [0.4, 0.5) is 0 Å². The first kappa shape index (κ1) is 21.6. The Morgan fingerprint density at radius 1 is 1.10 bits per heavy atom. The normalized spacial score (nSPS) is 17.5. The topological polar surface area (TPSA) is 85.2 Å².